The zero-order chi connectivity index (χ0) is 15.5. The Morgan fingerprint density at radius 1 is 1.32 bits per heavy atom. The minimum atomic E-state index is -0.00556. The van der Waals surface area contributed by atoms with E-state index >= 15 is 0 Å². The van der Waals surface area contributed by atoms with E-state index in [2.05, 4.69) is 10.3 Å². The number of benzene rings is 1. The molecule has 3 rings (SSSR count). The van der Waals surface area contributed by atoms with Gasteiger partial charge in [0.2, 0.25) is 0 Å². The van der Waals surface area contributed by atoms with Crippen molar-refractivity contribution in [2.75, 3.05) is 5.32 Å². The first-order valence-corrected chi connectivity index (χ1v) is 8.00. The average Bonchev–Trinajstić information content (AvgIpc) is 3.15. The van der Waals surface area contributed by atoms with Gasteiger partial charge < -0.3 is 14.8 Å². The van der Waals surface area contributed by atoms with Crippen LogP contribution in [-0.4, -0.2) is 10.1 Å². The number of hydrogen-bond donors (Lipinski definition) is 2. The van der Waals surface area contributed by atoms with Crippen LogP contribution in [0.2, 0.25) is 5.02 Å². The predicted molar refractivity (Wildman–Crippen MR) is 89.3 cm³/mol. The molecule has 114 valence electrons. The summed E-state index contributed by atoms with van der Waals surface area (Å²) in [5, 5.41) is 13.9. The van der Waals surface area contributed by atoms with E-state index in [1.165, 1.54) is 0 Å². The molecular weight excluding hydrogens is 320 g/mol. The van der Waals surface area contributed by atoms with Gasteiger partial charge >= 0.3 is 0 Å². The number of rotatable bonds is 5. The van der Waals surface area contributed by atoms with Crippen LogP contribution in [0, 0.1) is 6.92 Å². The maximum atomic E-state index is 9.18. The maximum Gasteiger partial charge on any atom is 0.162 e. The summed E-state index contributed by atoms with van der Waals surface area (Å²) in [6.07, 6.45) is 1.83. The molecule has 4 nitrogen and oxygen atoms in total. The third-order valence-electron chi connectivity index (χ3n) is 3.17. The lowest BCUT2D eigenvalue weighted by Gasteiger charge is -2.08. The van der Waals surface area contributed by atoms with Crippen LogP contribution in [-0.2, 0) is 13.2 Å². The molecule has 0 aliphatic rings. The molecule has 0 fully saturated rings. The van der Waals surface area contributed by atoms with Crippen molar-refractivity contribution in [1.29, 1.82) is 0 Å². The standard InChI is InChI=1S/C16H15ClN2O2S/c1-10-2-5-15(21-10)16-19-8-12(22-16)7-18-14-6-11(9-20)3-4-13(14)17/h2-6,8,18,20H,7,9H2,1H3. The van der Waals surface area contributed by atoms with Crippen LogP contribution in [0.3, 0.4) is 0 Å². The molecule has 2 heterocycles. The normalized spacial score (nSPS) is 10.9. The molecule has 0 unspecified atom stereocenters. The lowest BCUT2D eigenvalue weighted by molar-refractivity contribution is 0.282. The van der Waals surface area contributed by atoms with E-state index in [0.29, 0.717) is 11.6 Å². The molecule has 0 amide bonds. The molecule has 0 spiro atoms. The fourth-order valence-electron chi connectivity index (χ4n) is 2.04. The first-order chi connectivity index (χ1) is 10.7. The first-order valence-electron chi connectivity index (χ1n) is 6.80. The lowest BCUT2D eigenvalue weighted by atomic mass is 10.2. The predicted octanol–water partition coefficient (Wildman–Crippen LogP) is 4.47. The number of nitrogens with zero attached hydrogens (tertiary/aromatic N) is 1. The lowest BCUT2D eigenvalue weighted by Crippen LogP contribution is -1.99. The fourth-order valence-corrected chi connectivity index (χ4v) is 3.04. The summed E-state index contributed by atoms with van der Waals surface area (Å²) in [5.74, 6) is 1.66. The second kappa shape index (κ2) is 6.52. The van der Waals surface area contributed by atoms with Crippen LogP contribution in [0.25, 0.3) is 10.8 Å². The number of aliphatic hydroxyl groups is 1. The molecule has 0 aliphatic heterocycles. The molecule has 0 atom stereocenters. The Bertz CT molecular complexity index is 782. The molecule has 22 heavy (non-hydrogen) atoms. The van der Waals surface area contributed by atoms with Crippen molar-refractivity contribution in [3.8, 4) is 10.8 Å². The summed E-state index contributed by atoms with van der Waals surface area (Å²) < 4.78 is 5.57. The van der Waals surface area contributed by atoms with E-state index in [9.17, 15) is 5.11 Å². The molecule has 3 aromatic rings. The minimum absolute atomic E-state index is 0.00556. The molecule has 0 saturated heterocycles. The number of nitrogens with one attached hydrogen (secondary N) is 1. The van der Waals surface area contributed by atoms with Crippen LogP contribution < -0.4 is 5.32 Å². The fraction of sp³-hybridized carbons (Fsp3) is 0.188. The highest BCUT2D eigenvalue weighted by Gasteiger charge is 2.09. The van der Waals surface area contributed by atoms with Gasteiger partial charge in [-0.1, -0.05) is 17.7 Å². The van der Waals surface area contributed by atoms with Gasteiger partial charge in [-0.05, 0) is 36.8 Å². The second-order valence-electron chi connectivity index (χ2n) is 4.87. The maximum absolute atomic E-state index is 9.18. The Hall–Kier alpha value is -1.82. The van der Waals surface area contributed by atoms with Crippen molar-refractivity contribution in [2.45, 2.75) is 20.1 Å². The Kier molecular flexibility index (Phi) is 4.47. The van der Waals surface area contributed by atoms with Gasteiger partial charge in [0.15, 0.2) is 10.8 Å². The average molecular weight is 335 g/mol. The van der Waals surface area contributed by atoms with E-state index in [4.69, 9.17) is 16.0 Å². The molecule has 0 bridgehead atoms. The number of aromatic nitrogens is 1. The number of furan rings is 1. The summed E-state index contributed by atoms with van der Waals surface area (Å²) in [6, 6.07) is 9.28. The van der Waals surface area contributed by atoms with Crippen LogP contribution in [0.5, 0.6) is 0 Å². The molecule has 2 N–H and O–H groups in total. The van der Waals surface area contributed by atoms with Crippen molar-refractivity contribution in [3.05, 3.63) is 57.8 Å². The van der Waals surface area contributed by atoms with Gasteiger partial charge in [-0.3, -0.25) is 0 Å². The number of anilines is 1. The largest absolute Gasteiger partial charge is 0.459 e. The van der Waals surface area contributed by atoms with Crippen molar-refractivity contribution < 1.29 is 9.52 Å². The number of aliphatic hydroxyl groups excluding tert-OH is 1. The highest BCUT2D eigenvalue weighted by molar-refractivity contribution is 7.14. The van der Waals surface area contributed by atoms with Crippen molar-refractivity contribution in [1.82, 2.24) is 4.98 Å². The third-order valence-corrected chi connectivity index (χ3v) is 4.51. The molecule has 1 aromatic carbocycles. The smallest absolute Gasteiger partial charge is 0.162 e. The van der Waals surface area contributed by atoms with Crippen molar-refractivity contribution in [3.63, 3.8) is 0 Å². The van der Waals surface area contributed by atoms with Gasteiger partial charge in [0.25, 0.3) is 0 Å². The van der Waals surface area contributed by atoms with Crippen molar-refractivity contribution >= 4 is 28.6 Å². The van der Waals surface area contributed by atoms with Gasteiger partial charge in [-0.25, -0.2) is 4.98 Å². The molecule has 0 saturated carbocycles. The van der Waals surface area contributed by atoms with Gasteiger partial charge in [0, 0.05) is 11.1 Å². The van der Waals surface area contributed by atoms with Gasteiger partial charge in [-0.2, -0.15) is 0 Å². The Morgan fingerprint density at radius 2 is 2.18 bits per heavy atom. The first kappa shape index (κ1) is 15.1. The van der Waals surface area contributed by atoms with E-state index < -0.39 is 0 Å². The SMILES string of the molecule is Cc1ccc(-c2ncc(CNc3cc(CO)ccc3Cl)s2)o1. The van der Waals surface area contributed by atoms with Gasteiger partial charge in [0.1, 0.15) is 5.76 Å². The van der Waals surface area contributed by atoms with Gasteiger partial charge in [0.05, 0.1) is 23.9 Å². The number of halogens is 1. The van der Waals surface area contributed by atoms with E-state index in [1.807, 2.05) is 31.3 Å². The quantitative estimate of drug-likeness (QED) is 0.722. The van der Waals surface area contributed by atoms with Crippen LogP contribution in [0.15, 0.2) is 40.9 Å². The van der Waals surface area contributed by atoms with Gasteiger partial charge in [-0.15, -0.1) is 11.3 Å². The minimum Gasteiger partial charge on any atom is -0.459 e. The Morgan fingerprint density at radius 3 is 2.91 bits per heavy atom. The van der Waals surface area contributed by atoms with E-state index in [-0.39, 0.29) is 6.61 Å². The molecule has 0 aliphatic carbocycles. The molecule has 6 heteroatoms. The Balaban J connectivity index is 1.71. The summed E-state index contributed by atoms with van der Waals surface area (Å²) in [7, 11) is 0. The van der Waals surface area contributed by atoms with Crippen LogP contribution >= 0.6 is 22.9 Å². The highest BCUT2D eigenvalue weighted by atomic mass is 35.5. The Labute approximate surface area is 137 Å². The number of aryl methyl sites for hydroxylation is 1. The zero-order valence-corrected chi connectivity index (χ0v) is 13.5. The monoisotopic (exact) mass is 334 g/mol. The van der Waals surface area contributed by atoms with Crippen molar-refractivity contribution in [2.24, 2.45) is 0 Å². The summed E-state index contributed by atoms with van der Waals surface area (Å²) >= 11 is 7.73. The molecule has 0 radical (unpaired) electrons. The summed E-state index contributed by atoms with van der Waals surface area (Å²) in [4.78, 5) is 5.46. The zero-order valence-electron chi connectivity index (χ0n) is 12.0. The topological polar surface area (TPSA) is 58.3 Å². The van der Waals surface area contributed by atoms with E-state index in [0.717, 1.165) is 32.7 Å². The summed E-state index contributed by atoms with van der Waals surface area (Å²) in [5.41, 5.74) is 1.62. The summed E-state index contributed by atoms with van der Waals surface area (Å²) in [6.45, 7) is 2.52. The second-order valence-corrected chi connectivity index (χ2v) is 6.39. The highest BCUT2D eigenvalue weighted by Crippen LogP contribution is 2.28. The number of thiazole rings is 1. The van der Waals surface area contributed by atoms with E-state index in [1.54, 1.807) is 23.5 Å². The number of hydrogen-bond acceptors (Lipinski definition) is 5. The van der Waals surface area contributed by atoms with Crippen LogP contribution in [0.1, 0.15) is 16.2 Å². The van der Waals surface area contributed by atoms with Crippen LogP contribution in [0.4, 0.5) is 5.69 Å². The third kappa shape index (κ3) is 3.32. The molecular formula is C16H15ClN2O2S. The molecule has 2 aromatic heterocycles.